The largest absolute Gasteiger partial charge is 0.309 e. The Labute approximate surface area is 119 Å². The van der Waals surface area contributed by atoms with Crippen LogP contribution in [0.15, 0.2) is 48.5 Å². The Hall–Kier alpha value is -2.60. The van der Waals surface area contributed by atoms with Crippen molar-refractivity contribution in [2.24, 2.45) is 0 Å². The van der Waals surface area contributed by atoms with Crippen molar-refractivity contribution in [1.82, 2.24) is 0 Å². The summed E-state index contributed by atoms with van der Waals surface area (Å²) in [4.78, 5) is 14.3. The molecule has 0 heterocycles. The second-order valence-corrected chi connectivity index (χ2v) is 4.58. The van der Waals surface area contributed by atoms with Crippen LogP contribution in [-0.2, 0) is 0 Å². The van der Waals surface area contributed by atoms with Crippen LogP contribution in [-0.4, -0.2) is 12.5 Å². The molecule has 100 valence electrons. The Morgan fingerprint density at radius 3 is 2.60 bits per heavy atom. The van der Waals surface area contributed by atoms with E-state index in [9.17, 15) is 4.79 Å². The summed E-state index contributed by atoms with van der Waals surface area (Å²) in [5.41, 5.74) is 3.02. The number of nitriles is 1. The number of carbonyl (C=O) groups excluding carboxylic acids is 1. The van der Waals surface area contributed by atoms with Gasteiger partial charge in [0.25, 0.3) is 5.91 Å². The van der Waals surface area contributed by atoms with Crippen LogP contribution in [0.3, 0.4) is 0 Å². The Balaban J connectivity index is 2.36. The molecule has 1 amide bonds. The van der Waals surface area contributed by atoms with Gasteiger partial charge in [0.2, 0.25) is 0 Å². The van der Waals surface area contributed by atoms with Crippen LogP contribution in [0.5, 0.6) is 0 Å². The highest BCUT2D eigenvalue weighted by Gasteiger charge is 2.16. The molecule has 0 aliphatic carbocycles. The van der Waals surface area contributed by atoms with Crippen LogP contribution in [0, 0.1) is 18.3 Å². The van der Waals surface area contributed by atoms with Crippen molar-refractivity contribution in [3.63, 3.8) is 0 Å². The van der Waals surface area contributed by atoms with Gasteiger partial charge in [0.15, 0.2) is 0 Å². The predicted octanol–water partition coefficient (Wildman–Crippen LogP) is 3.53. The zero-order valence-electron chi connectivity index (χ0n) is 11.6. The maximum Gasteiger partial charge on any atom is 0.258 e. The molecule has 2 aromatic rings. The summed E-state index contributed by atoms with van der Waals surface area (Å²) in [5.74, 6) is -0.0878. The first-order valence-corrected chi connectivity index (χ1v) is 6.54. The molecule has 3 heteroatoms. The Morgan fingerprint density at radius 1 is 1.20 bits per heavy atom. The first-order chi connectivity index (χ1) is 9.65. The summed E-state index contributed by atoms with van der Waals surface area (Å²) in [6.45, 7) is 4.52. The van der Waals surface area contributed by atoms with Crippen LogP contribution in [0.4, 0.5) is 5.69 Å². The van der Waals surface area contributed by atoms with Gasteiger partial charge < -0.3 is 4.90 Å². The lowest BCUT2D eigenvalue weighted by atomic mass is 10.1. The van der Waals surface area contributed by atoms with E-state index in [2.05, 4.69) is 6.07 Å². The Kier molecular flexibility index (Phi) is 4.17. The van der Waals surface area contributed by atoms with E-state index in [-0.39, 0.29) is 5.91 Å². The van der Waals surface area contributed by atoms with Crippen LogP contribution in [0.2, 0.25) is 0 Å². The molecule has 0 radical (unpaired) electrons. The zero-order valence-corrected chi connectivity index (χ0v) is 11.6. The summed E-state index contributed by atoms with van der Waals surface area (Å²) in [5, 5.41) is 8.92. The fraction of sp³-hybridized carbons (Fsp3) is 0.176. The number of amides is 1. The van der Waals surface area contributed by atoms with Gasteiger partial charge in [-0.25, -0.2) is 0 Å². The molecule has 0 N–H and O–H groups in total. The highest BCUT2D eigenvalue weighted by molar-refractivity contribution is 6.06. The van der Waals surface area contributed by atoms with E-state index < -0.39 is 0 Å². The zero-order chi connectivity index (χ0) is 14.5. The number of anilines is 1. The van der Waals surface area contributed by atoms with Crippen LogP contribution < -0.4 is 4.90 Å². The number of nitrogens with zero attached hydrogens (tertiary/aromatic N) is 2. The molecule has 0 aliphatic rings. The molecule has 0 spiro atoms. The topological polar surface area (TPSA) is 44.1 Å². The van der Waals surface area contributed by atoms with E-state index in [0.29, 0.717) is 17.7 Å². The number of hydrogen-bond acceptors (Lipinski definition) is 2. The molecule has 2 rings (SSSR count). The van der Waals surface area contributed by atoms with Gasteiger partial charge in [0.1, 0.15) is 0 Å². The molecule has 3 nitrogen and oxygen atoms in total. The first kappa shape index (κ1) is 13.8. The van der Waals surface area contributed by atoms with Gasteiger partial charge in [-0.3, -0.25) is 4.79 Å². The molecule has 0 unspecified atom stereocenters. The minimum Gasteiger partial charge on any atom is -0.309 e. The van der Waals surface area contributed by atoms with Crippen LogP contribution in [0.1, 0.15) is 28.4 Å². The van der Waals surface area contributed by atoms with Gasteiger partial charge in [-0.1, -0.05) is 18.2 Å². The Morgan fingerprint density at radius 2 is 1.95 bits per heavy atom. The van der Waals surface area contributed by atoms with Gasteiger partial charge in [-0.15, -0.1) is 0 Å². The van der Waals surface area contributed by atoms with E-state index in [0.717, 1.165) is 11.3 Å². The van der Waals surface area contributed by atoms with E-state index in [1.807, 2.05) is 38.1 Å². The third kappa shape index (κ3) is 2.86. The normalized spacial score (nSPS) is 9.85. The Bertz CT molecular complexity index is 671. The van der Waals surface area contributed by atoms with Crippen molar-refractivity contribution in [2.45, 2.75) is 13.8 Å². The highest BCUT2D eigenvalue weighted by atomic mass is 16.2. The summed E-state index contributed by atoms with van der Waals surface area (Å²) >= 11 is 0. The molecular formula is C17H16N2O. The summed E-state index contributed by atoms with van der Waals surface area (Å²) < 4.78 is 0. The number of carbonyl (C=O) groups is 1. The SMILES string of the molecule is CCN(C(=O)c1cccc(C#N)c1)c1cccc(C)c1. The lowest BCUT2D eigenvalue weighted by molar-refractivity contribution is 0.0988. The van der Waals surface area contributed by atoms with Crippen molar-refractivity contribution < 1.29 is 4.79 Å². The van der Waals surface area contributed by atoms with Gasteiger partial charge in [0.05, 0.1) is 11.6 Å². The lowest BCUT2D eigenvalue weighted by Gasteiger charge is -2.21. The third-order valence-electron chi connectivity index (χ3n) is 3.11. The number of hydrogen-bond donors (Lipinski definition) is 0. The highest BCUT2D eigenvalue weighted by Crippen LogP contribution is 2.19. The monoisotopic (exact) mass is 264 g/mol. The number of benzene rings is 2. The summed E-state index contributed by atoms with van der Waals surface area (Å²) in [6, 6.07) is 16.7. The average Bonchev–Trinajstić information content (AvgIpc) is 2.48. The van der Waals surface area contributed by atoms with Crippen molar-refractivity contribution >= 4 is 11.6 Å². The fourth-order valence-electron chi connectivity index (χ4n) is 2.12. The van der Waals surface area contributed by atoms with Crippen molar-refractivity contribution in [3.8, 4) is 6.07 Å². The number of aryl methyl sites for hydroxylation is 1. The second kappa shape index (κ2) is 6.03. The van der Waals surface area contributed by atoms with Gasteiger partial charge in [0, 0.05) is 17.8 Å². The molecule has 0 atom stereocenters. The van der Waals surface area contributed by atoms with E-state index in [4.69, 9.17) is 5.26 Å². The maximum absolute atomic E-state index is 12.6. The van der Waals surface area contributed by atoms with Crippen molar-refractivity contribution in [3.05, 3.63) is 65.2 Å². The van der Waals surface area contributed by atoms with Crippen LogP contribution >= 0.6 is 0 Å². The van der Waals surface area contributed by atoms with Crippen molar-refractivity contribution in [2.75, 3.05) is 11.4 Å². The minimum absolute atomic E-state index is 0.0878. The van der Waals surface area contributed by atoms with E-state index in [1.54, 1.807) is 29.2 Å². The van der Waals surface area contributed by atoms with Gasteiger partial charge in [-0.2, -0.15) is 5.26 Å². The predicted molar refractivity (Wildman–Crippen MR) is 79.7 cm³/mol. The molecule has 0 aliphatic heterocycles. The first-order valence-electron chi connectivity index (χ1n) is 6.54. The quantitative estimate of drug-likeness (QED) is 0.851. The molecule has 0 fully saturated rings. The molecular weight excluding hydrogens is 248 g/mol. The third-order valence-corrected chi connectivity index (χ3v) is 3.11. The smallest absolute Gasteiger partial charge is 0.258 e. The number of rotatable bonds is 3. The molecule has 0 saturated carbocycles. The molecule has 0 aromatic heterocycles. The molecule has 20 heavy (non-hydrogen) atoms. The van der Waals surface area contributed by atoms with Gasteiger partial charge in [-0.05, 0) is 49.7 Å². The van der Waals surface area contributed by atoms with Gasteiger partial charge >= 0.3 is 0 Å². The average molecular weight is 264 g/mol. The molecule has 0 saturated heterocycles. The molecule has 2 aromatic carbocycles. The summed E-state index contributed by atoms with van der Waals surface area (Å²) in [6.07, 6.45) is 0. The maximum atomic E-state index is 12.6. The fourth-order valence-corrected chi connectivity index (χ4v) is 2.12. The molecule has 0 bridgehead atoms. The van der Waals surface area contributed by atoms with Crippen molar-refractivity contribution in [1.29, 1.82) is 5.26 Å². The van der Waals surface area contributed by atoms with E-state index in [1.165, 1.54) is 0 Å². The minimum atomic E-state index is -0.0878. The second-order valence-electron chi connectivity index (χ2n) is 4.58. The standard InChI is InChI=1S/C17H16N2O/c1-3-19(16-9-4-6-13(2)10-16)17(20)15-8-5-7-14(11-15)12-18/h4-11H,3H2,1-2H3. The van der Waals surface area contributed by atoms with E-state index >= 15 is 0 Å². The lowest BCUT2D eigenvalue weighted by Crippen LogP contribution is -2.30. The van der Waals surface area contributed by atoms with Crippen LogP contribution in [0.25, 0.3) is 0 Å². The summed E-state index contributed by atoms with van der Waals surface area (Å²) in [7, 11) is 0.